The quantitative estimate of drug-likeness (QED) is 0.108. The van der Waals surface area contributed by atoms with E-state index in [0.717, 1.165) is 63.7 Å². The molecule has 2 amide bonds. The number of nitrogens with zero attached hydrogens (tertiary/aromatic N) is 8. The van der Waals surface area contributed by atoms with Gasteiger partial charge in [-0.3, -0.25) is 9.59 Å². The van der Waals surface area contributed by atoms with Crippen LogP contribution >= 0.6 is 22.7 Å². The average molecular weight is 886 g/mol. The Kier molecular flexibility index (Phi) is 11.9. The number of aromatic nitrogens is 6. The van der Waals surface area contributed by atoms with Crippen LogP contribution in [0.5, 0.6) is 17.6 Å². The van der Waals surface area contributed by atoms with E-state index in [-0.39, 0.29) is 60.6 Å². The Hall–Kier alpha value is -6.30. The highest BCUT2D eigenvalue weighted by atomic mass is 32.1. The van der Waals surface area contributed by atoms with E-state index in [1.165, 1.54) is 15.3 Å². The summed E-state index contributed by atoms with van der Waals surface area (Å²) in [5.41, 5.74) is 7.28. The Labute approximate surface area is 371 Å². The second-order valence-corrected chi connectivity index (χ2v) is 18.4. The maximum Gasteiger partial charge on any atom is 0.325 e. The SMILES string of the molecule is Cc1ncsc1-c1ccc(CNC(=O)[C@@H]2C[C@@H](O)CN2C(=O)[C@@H](c2cc(Oc3nccc(N4CCC(c5sc6nnc(-c7ccccc7O)cc6c5C)CC4)n3)no2)C(C)C)cc1. The number of aryl methyl sites for hydroxylation is 2. The molecule has 9 rings (SSSR count). The summed E-state index contributed by atoms with van der Waals surface area (Å²) < 4.78 is 11.7. The Morgan fingerprint density at radius 3 is 2.56 bits per heavy atom. The number of phenols is 1. The number of amides is 2. The largest absolute Gasteiger partial charge is 0.507 e. The molecule has 324 valence electrons. The van der Waals surface area contributed by atoms with Crippen molar-refractivity contribution < 1.29 is 29.1 Å². The van der Waals surface area contributed by atoms with Crippen molar-refractivity contribution in [3.05, 3.63) is 106 Å². The van der Waals surface area contributed by atoms with Crippen molar-refractivity contribution in [1.29, 1.82) is 0 Å². The lowest BCUT2D eigenvalue weighted by molar-refractivity contribution is -0.141. The molecule has 7 aromatic rings. The van der Waals surface area contributed by atoms with Crippen LogP contribution in [-0.4, -0.2) is 89.0 Å². The topological polar surface area (TPSA) is 193 Å². The van der Waals surface area contributed by atoms with Gasteiger partial charge in [-0.2, -0.15) is 4.98 Å². The summed E-state index contributed by atoms with van der Waals surface area (Å²) in [6.45, 7) is 9.76. The van der Waals surface area contributed by atoms with Gasteiger partial charge in [-0.15, -0.1) is 32.9 Å². The number of carbonyl (C=O) groups excluding carboxylic acids is 2. The predicted octanol–water partition coefficient (Wildman–Crippen LogP) is 7.78. The molecule has 2 saturated heterocycles. The Morgan fingerprint density at radius 1 is 1.02 bits per heavy atom. The monoisotopic (exact) mass is 885 g/mol. The maximum absolute atomic E-state index is 14.2. The van der Waals surface area contributed by atoms with Crippen molar-refractivity contribution in [3.63, 3.8) is 0 Å². The molecule has 0 saturated carbocycles. The van der Waals surface area contributed by atoms with E-state index >= 15 is 0 Å². The van der Waals surface area contributed by atoms with Crippen LogP contribution in [0.4, 0.5) is 5.82 Å². The van der Waals surface area contributed by atoms with Gasteiger partial charge in [-0.1, -0.05) is 50.2 Å². The van der Waals surface area contributed by atoms with Crippen molar-refractivity contribution in [2.45, 2.75) is 77.5 Å². The molecule has 2 fully saturated rings. The van der Waals surface area contributed by atoms with Crippen LogP contribution in [0.25, 0.3) is 31.9 Å². The van der Waals surface area contributed by atoms with Gasteiger partial charge in [0, 0.05) is 60.7 Å². The van der Waals surface area contributed by atoms with Crippen LogP contribution < -0.4 is 15.0 Å². The Bertz CT molecular complexity index is 2760. The van der Waals surface area contributed by atoms with Gasteiger partial charge in [0.2, 0.25) is 11.8 Å². The summed E-state index contributed by atoms with van der Waals surface area (Å²) in [5.74, 6) is -0.0637. The summed E-state index contributed by atoms with van der Waals surface area (Å²) in [6.07, 6.45) is 2.77. The third-order valence-corrected chi connectivity index (χ3v) is 14.3. The number of ether oxygens (including phenoxy) is 1. The van der Waals surface area contributed by atoms with Gasteiger partial charge >= 0.3 is 6.01 Å². The highest BCUT2D eigenvalue weighted by Gasteiger charge is 2.43. The smallest absolute Gasteiger partial charge is 0.325 e. The number of phenolic OH excluding ortho intramolecular Hbond substituents is 1. The summed E-state index contributed by atoms with van der Waals surface area (Å²) in [7, 11) is 0. The van der Waals surface area contributed by atoms with Crippen molar-refractivity contribution in [2.24, 2.45) is 5.92 Å². The number of anilines is 1. The average Bonchev–Trinajstić information content (AvgIpc) is 4.10. The normalized spacial score (nSPS) is 17.4. The molecule has 2 aliphatic heterocycles. The zero-order chi connectivity index (χ0) is 43.8. The lowest BCUT2D eigenvalue weighted by Gasteiger charge is -2.32. The van der Waals surface area contributed by atoms with E-state index in [2.05, 4.69) is 42.5 Å². The fourth-order valence-corrected chi connectivity index (χ4v) is 10.7. The second-order valence-electron chi connectivity index (χ2n) is 16.5. The number of aliphatic hydroxyl groups is 1. The van der Waals surface area contributed by atoms with Gasteiger partial charge in [0.1, 0.15) is 28.4 Å². The number of carbonyl (C=O) groups is 2. The van der Waals surface area contributed by atoms with Crippen molar-refractivity contribution >= 4 is 50.5 Å². The van der Waals surface area contributed by atoms with Crippen LogP contribution in [0.3, 0.4) is 0 Å². The highest BCUT2D eigenvalue weighted by Crippen LogP contribution is 2.41. The van der Waals surface area contributed by atoms with Gasteiger partial charge in [0.25, 0.3) is 5.88 Å². The molecular formula is C46H47N9O6S2. The number of fused-ring (bicyclic) bond motifs is 1. The first-order valence-corrected chi connectivity index (χ1v) is 22.7. The fourth-order valence-electron chi connectivity index (χ4n) is 8.62. The zero-order valence-corrected chi connectivity index (χ0v) is 36.9. The van der Waals surface area contributed by atoms with Gasteiger partial charge < -0.3 is 34.6 Å². The number of thiazole rings is 1. The third-order valence-electron chi connectivity index (χ3n) is 12.0. The molecule has 3 N–H and O–H groups in total. The lowest BCUT2D eigenvalue weighted by atomic mass is 9.91. The lowest BCUT2D eigenvalue weighted by Crippen LogP contribution is -2.48. The first-order valence-electron chi connectivity index (χ1n) is 21.0. The van der Waals surface area contributed by atoms with Gasteiger partial charge in [-0.25, -0.2) is 9.97 Å². The minimum absolute atomic E-state index is 0.0263. The van der Waals surface area contributed by atoms with E-state index in [1.807, 2.05) is 74.8 Å². The first-order chi connectivity index (χ1) is 30.5. The fraction of sp³-hybridized carbons (Fsp3) is 0.348. The molecule has 63 heavy (non-hydrogen) atoms. The van der Waals surface area contributed by atoms with E-state index in [4.69, 9.17) is 14.2 Å². The van der Waals surface area contributed by atoms with Crippen LogP contribution in [0, 0.1) is 19.8 Å². The van der Waals surface area contributed by atoms with E-state index in [0.29, 0.717) is 17.2 Å². The van der Waals surface area contributed by atoms with Crippen LogP contribution in [0.15, 0.2) is 83.0 Å². The molecular weight excluding hydrogens is 839 g/mol. The minimum atomic E-state index is -0.847. The molecule has 0 spiro atoms. The number of piperidine rings is 1. The molecule has 5 aromatic heterocycles. The van der Waals surface area contributed by atoms with E-state index < -0.39 is 18.1 Å². The first kappa shape index (κ1) is 42.0. The number of benzene rings is 2. The minimum Gasteiger partial charge on any atom is -0.507 e. The highest BCUT2D eigenvalue weighted by molar-refractivity contribution is 7.19. The molecule has 0 aliphatic carbocycles. The molecule has 0 bridgehead atoms. The van der Waals surface area contributed by atoms with Crippen molar-refractivity contribution in [3.8, 4) is 39.3 Å². The van der Waals surface area contributed by atoms with Gasteiger partial charge in [-0.05, 0) is 84.6 Å². The molecule has 15 nitrogen and oxygen atoms in total. The molecule has 7 heterocycles. The van der Waals surface area contributed by atoms with Crippen molar-refractivity contribution in [2.75, 3.05) is 24.5 Å². The molecule has 3 atom stereocenters. The number of nitrogens with one attached hydrogen (secondary N) is 1. The zero-order valence-electron chi connectivity index (χ0n) is 35.3. The number of thiophene rings is 1. The van der Waals surface area contributed by atoms with E-state index in [9.17, 15) is 19.8 Å². The predicted molar refractivity (Wildman–Crippen MR) is 240 cm³/mol. The van der Waals surface area contributed by atoms with Crippen LogP contribution in [0.1, 0.15) is 72.4 Å². The van der Waals surface area contributed by atoms with Gasteiger partial charge in [0.15, 0.2) is 5.76 Å². The number of hydrogen-bond acceptors (Lipinski definition) is 15. The molecule has 0 radical (unpaired) electrons. The standard InChI is InChI=1S/C46H47N9O6S2/c1-25(2)40(45(59)55-23-31(56)19-35(55)43(58)48-22-28-9-11-29(12-10-28)42-27(4)49-24-62-42)37-21-39(53-61-37)60-46-47-16-13-38(50-46)54-17-14-30(15-18-54)41-26(3)33-20-34(51-52-44(33)63-41)32-7-5-6-8-36(32)57/h5-13,16,20-21,24-25,30-31,35,40,56-57H,14-15,17-19,22-23H2,1-4H3,(H,48,58)/t31-,35+,40-/m1/s1. The van der Waals surface area contributed by atoms with Crippen LogP contribution in [-0.2, 0) is 16.1 Å². The molecule has 17 heteroatoms. The number of hydrogen-bond donors (Lipinski definition) is 3. The Morgan fingerprint density at radius 2 is 1.81 bits per heavy atom. The summed E-state index contributed by atoms with van der Waals surface area (Å²) in [6, 6.07) is 19.8. The number of aromatic hydroxyl groups is 1. The molecule has 0 unspecified atom stereocenters. The number of likely N-dealkylation sites (tertiary alicyclic amines) is 1. The summed E-state index contributed by atoms with van der Waals surface area (Å²) in [5, 5.41) is 38.1. The van der Waals surface area contributed by atoms with Crippen molar-refractivity contribution in [1.82, 2.24) is 40.5 Å². The number of para-hydroxylation sites is 1. The number of rotatable bonds is 12. The summed E-state index contributed by atoms with van der Waals surface area (Å²) >= 11 is 3.27. The molecule has 2 aromatic carbocycles. The Balaban J connectivity index is 0.821. The third kappa shape index (κ3) is 8.72. The number of aliphatic hydroxyl groups excluding tert-OH is 1. The maximum atomic E-state index is 14.2. The summed E-state index contributed by atoms with van der Waals surface area (Å²) in [4.78, 5) is 48.1. The molecule has 2 aliphatic rings. The van der Waals surface area contributed by atoms with E-state index in [1.54, 1.807) is 47.1 Å². The van der Waals surface area contributed by atoms with Crippen LogP contribution in [0.2, 0.25) is 0 Å². The number of β-amino-alcohol motifs (C(OH)–C–C–N with tert-alkyl or cyclic N) is 1. The second kappa shape index (κ2) is 17.8. The van der Waals surface area contributed by atoms with Gasteiger partial charge in [0.05, 0.1) is 27.9 Å².